The van der Waals surface area contributed by atoms with Crippen molar-refractivity contribution in [2.24, 2.45) is 0 Å². The number of hydrogen-bond acceptors (Lipinski definition) is 5. The summed E-state index contributed by atoms with van der Waals surface area (Å²) in [6, 6.07) is 4.05. The molecule has 3 aromatic heterocycles. The highest BCUT2D eigenvalue weighted by atomic mass is 16.1. The Morgan fingerprint density at radius 3 is 3.25 bits per heavy atom. The van der Waals surface area contributed by atoms with Crippen LogP contribution in [0.1, 0.15) is 42.3 Å². The first-order valence-electron chi connectivity index (χ1n) is 8.19. The van der Waals surface area contributed by atoms with E-state index in [1.807, 2.05) is 35.9 Å². The molecule has 0 aromatic carbocycles. The Kier molecular flexibility index (Phi) is 3.72. The number of carbonyl (C=O) groups is 1. The average molecular weight is 325 g/mol. The first-order chi connectivity index (χ1) is 11.7. The first kappa shape index (κ1) is 14.8. The standard InChI is InChI=1S/C16H19N7O/c1-11-5-7-22-10-12(18-14(22)8-11)9-17-16(24)13-4-2-3-6-23-15(13)19-20-21-23/h5,7-8,10,13H,2-4,6,9H2,1H3,(H,17,24)/t13-/m0/s1. The molecule has 3 aromatic rings. The van der Waals surface area contributed by atoms with Gasteiger partial charge in [0.15, 0.2) is 5.82 Å². The summed E-state index contributed by atoms with van der Waals surface area (Å²) in [4.78, 5) is 17.1. The number of nitrogens with one attached hydrogen (secondary N) is 1. The quantitative estimate of drug-likeness (QED) is 0.782. The fourth-order valence-corrected chi connectivity index (χ4v) is 3.13. The van der Waals surface area contributed by atoms with Gasteiger partial charge in [0.05, 0.1) is 18.2 Å². The zero-order chi connectivity index (χ0) is 16.5. The second-order valence-corrected chi connectivity index (χ2v) is 6.23. The Morgan fingerprint density at radius 2 is 2.33 bits per heavy atom. The number of imidazole rings is 1. The van der Waals surface area contributed by atoms with E-state index in [0.29, 0.717) is 12.4 Å². The highest BCUT2D eigenvalue weighted by Crippen LogP contribution is 2.24. The molecule has 0 aliphatic carbocycles. The Labute approximate surface area is 138 Å². The summed E-state index contributed by atoms with van der Waals surface area (Å²) >= 11 is 0. The van der Waals surface area contributed by atoms with Crippen molar-refractivity contribution in [3.8, 4) is 0 Å². The van der Waals surface area contributed by atoms with E-state index < -0.39 is 0 Å². The third-order valence-electron chi connectivity index (χ3n) is 4.41. The summed E-state index contributed by atoms with van der Waals surface area (Å²) in [5.41, 5.74) is 2.88. The van der Waals surface area contributed by atoms with Crippen LogP contribution in [0.5, 0.6) is 0 Å². The van der Waals surface area contributed by atoms with E-state index in [0.717, 1.165) is 42.7 Å². The van der Waals surface area contributed by atoms with Crippen LogP contribution in [-0.2, 0) is 17.9 Å². The largest absolute Gasteiger partial charge is 0.350 e. The Balaban J connectivity index is 1.48. The number of aromatic nitrogens is 6. The van der Waals surface area contributed by atoms with Crippen molar-refractivity contribution < 1.29 is 4.79 Å². The van der Waals surface area contributed by atoms with Gasteiger partial charge >= 0.3 is 0 Å². The van der Waals surface area contributed by atoms with Gasteiger partial charge < -0.3 is 9.72 Å². The molecule has 0 bridgehead atoms. The van der Waals surface area contributed by atoms with Crippen LogP contribution < -0.4 is 5.32 Å². The fraction of sp³-hybridized carbons (Fsp3) is 0.438. The van der Waals surface area contributed by atoms with E-state index >= 15 is 0 Å². The van der Waals surface area contributed by atoms with Crippen molar-refractivity contribution in [3.63, 3.8) is 0 Å². The number of hydrogen-bond donors (Lipinski definition) is 1. The van der Waals surface area contributed by atoms with Crippen molar-refractivity contribution in [1.82, 2.24) is 34.9 Å². The number of carbonyl (C=O) groups excluding carboxylic acids is 1. The van der Waals surface area contributed by atoms with Crippen molar-refractivity contribution >= 4 is 11.6 Å². The van der Waals surface area contributed by atoms with Gasteiger partial charge in [-0.25, -0.2) is 9.67 Å². The zero-order valence-corrected chi connectivity index (χ0v) is 13.5. The van der Waals surface area contributed by atoms with Crippen LogP contribution in [0.4, 0.5) is 0 Å². The number of amides is 1. The minimum Gasteiger partial charge on any atom is -0.350 e. The molecule has 124 valence electrons. The SMILES string of the molecule is Cc1ccn2cc(CNC(=O)[C@H]3CCCCn4nnnc43)nc2c1. The van der Waals surface area contributed by atoms with Crippen LogP contribution in [0.15, 0.2) is 24.5 Å². The lowest BCUT2D eigenvalue weighted by atomic mass is 10.0. The summed E-state index contributed by atoms with van der Waals surface area (Å²) in [7, 11) is 0. The van der Waals surface area contributed by atoms with E-state index in [-0.39, 0.29) is 11.8 Å². The van der Waals surface area contributed by atoms with E-state index in [2.05, 4.69) is 25.8 Å². The smallest absolute Gasteiger partial charge is 0.231 e. The van der Waals surface area contributed by atoms with Crippen LogP contribution in [0.2, 0.25) is 0 Å². The number of aryl methyl sites for hydroxylation is 2. The molecule has 1 amide bonds. The third kappa shape index (κ3) is 2.75. The van der Waals surface area contributed by atoms with Gasteiger partial charge in [-0.1, -0.05) is 6.42 Å². The van der Waals surface area contributed by atoms with E-state index in [1.165, 1.54) is 0 Å². The van der Waals surface area contributed by atoms with Gasteiger partial charge in [0.25, 0.3) is 0 Å². The molecule has 0 saturated heterocycles. The predicted molar refractivity (Wildman–Crippen MR) is 86.2 cm³/mol. The molecule has 1 N–H and O–H groups in total. The molecular formula is C16H19N7O. The average Bonchev–Trinajstić information content (AvgIpc) is 3.14. The van der Waals surface area contributed by atoms with Crippen LogP contribution in [-0.4, -0.2) is 35.5 Å². The zero-order valence-electron chi connectivity index (χ0n) is 13.5. The van der Waals surface area contributed by atoms with E-state index in [9.17, 15) is 4.79 Å². The van der Waals surface area contributed by atoms with Gasteiger partial charge in [-0.3, -0.25) is 4.79 Å². The van der Waals surface area contributed by atoms with Crippen molar-refractivity contribution in [2.45, 2.75) is 45.2 Å². The lowest BCUT2D eigenvalue weighted by Crippen LogP contribution is -2.30. The molecule has 8 nitrogen and oxygen atoms in total. The minimum absolute atomic E-state index is 0.0406. The minimum atomic E-state index is -0.290. The molecule has 1 atom stereocenters. The molecule has 0 fully saturated rings. The van der Waals surface area contributed by atoms with Gasteiger partial charge in [-0.2, -0.15) is 0 Å². The predicted octanol–water partition coefficient (Wildman–Crippen LogP) is 1.21. The first-order valence-corrected chi connectivity index (χ1v) is 8.19. The molecule has 0 spiro atoms. The van der Waals surface area contributed by atoms with Crippen LogP contribution in [0.25, 0.3) is 5.65 Å². The molecule has 24 heavy (non-hydrogen) atoms. The van der Waals surface area contributed by atoms with Crippen molar-refractivity contribution in [3.05, 3.63) is 41.6 Å². The lowest BCUT2D eigenvalue weighted by Gasteiger charge is -2.12. The van der Waals surface area contributed by atoms with Crippen LogP contribution in [0.3, 0.4) is 0 Å². The van der Waals surface area contributed by atoms with Gasteiger partial charge in [0, 0.05) is 18.9 Å². The molecule has 0 unspecified atom stereocenters. The molecule has 4 heterocycles. The molecule has 0 saturated carbocycles. The van der Waals surface area contributed by atoms with Crippen LogP contribution >= 0.6 is 0 Å². The number of pyridine rings is 1. The summed E-state index contributed by atoms with van der Waals surface area (Å²) in [5.74, 6) is 0.332. The number of rotatable bonds is 3. The normalized spacial score (nSPS) is 17.5. The summed E-state index contributed by atoms with van der Waals surface area (Å²) < 4.78 is 3.70. The number of nitrogens with zero attached hydrogens (tertiary/aromatic N) is 6. The molecule has 0 radical (unpaired) electrons. The topological polar surface area (TPSA) is 90.0 Å². The highest BCUT2D eigenvalue weighted by Gasteiger charge is 2.28. The lowest BCUT2D eigenvalue weighted by molar-refractivity contribution is -0.123. The maximum absolute atomic E-state index is 12.6. The number of tetrazole rings is 1. The molecule has 1 aliphatic rings. The van der Waals surface area contributed by atoms with Crippen molar-refractivity contribution in [2.75, 3.05) is 0 Å². The Bertz CT molecular complexity index is 882. The Hall–Kier alpha value is -2.77. The van der Waals surface area contributed by atoms with Gasteiger partial charge in [0.2, 0.25) is 5.91 Å². The monoisotopic (exact) mass is 325 g/mol. The van der Waals surface area contributed by atoms with Gasteiger partial charge in [-0.15, -0.1) is 5.10 Å². The second kappa shape index (κ2) is 6.03. The van der Waals surface area contributed by atoms with Gasteiger partial charge in [0.1, 0.15) is 5.65 Å². The fourth-order valence-electron chi connectivity index (χ4n) is 3.13. The maximum Gasteiger partial charge on any atom is 0.231 e. The summed E-state index contributed by atoms with van der Waals surface area (Å²) in [6.07, 6.45) is 6.66. The van der Waals surface area contributed by atoms with Crippen molar-refractivity contribution in [1.29, 1.82) is 0 Å². The summed E-state index contributed by atoms with van der Waals surface area (Å²) in [5, 5.41) is 14.7. The van der Waals surface area contributed by atoms with E-state index in [1.54, 1.807) is 4.68 Å². The molecular weight excluding hydrogens is 306 g/mol. The van der Waals surface area contributed by atoms with Gasteiger partial charge in [-0.05, 0) is 47.9 Å². The number of fused-ring (bicyclic) bond motifs is 2. The van der Waals surface area contributed by atoms with Crippen LogP contribution in [0, 0.1) is 6.92 Å². The maximum atomic E-state index is 12.6. The third-order valence-corrected chi connectivity index (χ3v) is 4.41. The van der Waals surface area contributed by atoms with E-state index in [4.69, 9.17) is 0 Å². The second-order valence-electron chi connectivity index (χ2n) is 6.23. The Morgan fingerprint density at radius 1 is 1.42 bits per heavy atom. The molecule has 8 heteroatoms. The highest BCUT2D eigenvalue weighted by molar-refractivity contribution is 5.82. The summed E-state index contributed by atoms with van der Waals surface area (Å²) in [6.45, 7) is 3.21. The molecule has 1 aliphatic heterocycles. The molecule has 4 rings (SSSR count).